The molecule has 0 aliphatic carbocycles. The summed E-state index contributed by atoms with van der Waals surface area (Å²) in [4.78, 5) is 12.1. The van der Waals surface area contributed by atoms with E-state index >= 15 is 0 Å². The van der Waals surface area contributed by atoms with Gasteiger partial charge in [-0.2, -0.15) is 0 Å². The number of benzene rings is 2. The molecule has 0 bridgehead atoms. The molecule has 1 amide bonds. The van der Waals surface area contributed by atoms with Crippen molar-refractivity contribution in [2.24, 2.45) is 0 Å². The lowest BCUT2D eigenvalue weighted by atomic mass is 9.98. The highest BCUT2D eigenvalue weighted by molar-refractivity contribution is 5.94. The van der Waals surface area contributed by atoms with Crippen molar-refractivity contribution in [1.29, 1.82) is 0 Å². The normalized spacial score (nSPS) is 16.9. The Labute approximate surface area is 149 Å². The quantitative estimate of drug-likeness (QED) is 0.808. The van der Waals surface area contributed by atoms with Crippen LogP contribution in [0.2, 0.25) is 0 Å². The van der Waals surface area contributed by atoms with Crippen molar-refractivity contribution in [3.63, 3.8) is 0 Å². The average molecular weight is 338 g/mol. The summed E-state index contributed by atoms with van der Waals surface area (Å²) in [5, 5.41) is 6.44. The summed E-state index contributed by atoms with van der Waals surface area (Å²) in [6.07, 6.45) is 1.45. The molecule has 2 aromatic carbocycles. The lowest BCUT2D eigenvalue weighted by molar-refractivity contribution is -0.124. The fourth-order valence-electron chi connectivity index (χ4n) is 3.13. The second-order valence-electron chi connectivity index (χ2n) is 6.89. The zero-order valence-corrected chi connectivity index (χ0v) is 15.1. The summed E-state index contributed by atoms with van der Waals surface area (Å²) in [7, 11) is 0. The molecule has 0 saturated carbocycles. The molecule has 3 rings (SSSR count). The van der Waals surface area contributed by atoms with Gasteiger partial charge in [0.2, 0.25) is 0 Å². The molecule has 1 saturated heterocycles. The number of ether oxygens (including phenoxy) is 1. The van der Waals surface area contributed by atoms with Gasteiger partial charge in [-0.15, -0.1) is 0 Å². The number of para-hydroxylation sites is 1. The highest BCUT2D eigenvalue weighted by atomic mass is 16.5. The van der Waals surface area contributed by atoms with Gasteiger partial charge in [0, 0.05) is 23.7 Å². The zero-order chi connectivity index (χ0) is 17.8. The Balaban J connectivity index is 1.70. The molecular formula is C21H26N2O2. The van der Waals surface area contributed by atoms with Crippen LogP contribution in [0.3, 0.4) is 0 Å². The average Bonchev–Trinajstić information content (AvgIpc) is 3.13. The number of hydrogen-bond donors (Lipinski definition) is 2. The second kappa shape index (κ2) is 7.70. The van der Waals surface area contributed by atoms with Crippen molar-refractivity contribution in [2.75, 3.05) is 17.2 Å². The Morgan fingerprint density at radius 2 is 1.84 bits per heavy atom. The number of carbonyl (C=O) groups is 1. The van der Waals surface area contributed by atoms with Gasteiger partial charge in [-0.25, -0.2) is 0 Å². The Hall–Kier alpha value is -2.33. The number of carbonyl (C=O) groups excluding carboxylic acids is 1. The summed E-state index contributed by atoms with van der Waals surface area (Å²) < 4.78 is 5.41. The van der Waals surface area contributed by atoms with Gasteiger partial charge in [-0.05, 0) is 61.1 Å². The first kappa shape index (κ1) is 17.5. The SMILES string of the molecule is Cc1cccc(C(C)C)c1Nc1ccc(NC(=O)C2CCCO2)cc1. The third-order valence-corrected chi connectivity index (χ3v) is 4.57. The summed E-state index contributed by atoms with van der Waals surface area (Å²) in [5.74, 6) is 0.395. The standard InChI is InChI=1S/C21H26N2O2/c1-14(2)18-7-4-6-15(3)20(18)22-16-9-11-17(12-10-16)23-21(24)19-8-5-13-25-19/h4,6-7,9-12,14,19,22H,5,8,13H2,1-3H3,(H,23,24). The maximum atomic E-state index is 12.1. The number of anilines is 3. The highest BCUT2D eigenvalue weighted by Crippen LogP contribution is 2.30. The number of amides is 1. The summed E-state index contributed by atoms with van der Waals surface area (Å²) in [6.45, 7) is 7.19. The summed E-state index contributed by atoms with van der Waals surface area (Å²) in [6, 6.07) is 14.2. The predicted molar refractivity (Wildman–Crippen MR) is 103 cm³/mol. The van der Waals surface area contributed by atoms with Crippen LogP contribution in [0, 0.1) is 6.92 Å². The molecule has 0 aromatic heterocycles. The van der Waals surface area contributed by atoms with Crippen LogP contribution >= 0.6 is 0 Å². The third-order valence-electron chi connectivity index (χ3n) is 4.57. The monoisotopic (exact) mass is 338 g/mol. The molecule has 2 aromatic rings. The lowest BCUT2D eigenvalue weighted by Crippen LogP contribution is -2.26. The molecule has 4 nitrogen and oxygen atoms in total. The van der Waals surface area contributed by atoms with E-state index in [-0.39, 0.29) is 12.0 Å². The van der Waals surface area contributed by atoms with Crippen molar-refractivity contribution in [3.8, 4) is 0 Å². The van der Waals surface area contributed by atoms with Crippen molar-refractivity contribution >= 4 is 23.0 Å². The van der Waals surface area contributed by atoms with Crippen LogP contribution in [0.15, 0.2) is 42.5 Å². The molecule has 1 aliphatic rings. The van der Waals surface area contributed by atoms with Gasteiger partial charge in [0.1, 0.15) is 6.10 Å². The lowest BCUT2D eigenvalue weighted by Gasteiger charge is -2.17. The molecule has 0 radical (unpaired) electrons. The van der Waals surface area contributed by atoms with Crippen LogP contribution in [0.5, 0.6) is 0 Å². The molecule has 1 unspecified atom stereocenters. The van der Waals surface area contributed by atoms with Crippen molar-refractivity contribution in [1.82, 2.24) is 0 Å². The molecule has 1 aliphatic heterocycles. The van der Waals surface area contributed by atoms with E-state index in [9.17, 15) is 4.79 Å². The van der Waals surface area contributed by atoms with Gasteiger partial charge in [0.25, 0.3) is 5.91 Å². The number of nitrogens with one attached hydrogen (secondary N) is 2. The number of rotatable bonds is 5. The molecule has 25 heavy (non-hydrogen) atoms. The van der Waals surface area contributed by atoms with Gasteiger partial charge < -0.3 is 15.4 Å². The van der Waals surface area contributed by atoms with Crippen molar-refractivity contribution in [3.05, 3.63) is 53.6 Å². The van der Waals surface area contributed by atoms with Crippen molar-refractivity contribution < 1.29 is 9.53 Å². The van der Waals surface area contributed by atoms with Crippen LogP contribution < -0.4 is 10.6 Å². The molecule has 0 spiro atoms. The van der Waals surface area contributed by atoms with Gasteiger partial charge >= 0.3 is 0 Å². The fraction of sp³-hybridized carbons (Fsp3) is 0.381. The predicted octanol–water partition coefficient (Wildman–Crippen LogP) is 4.98. The largest absolute Gasteiger partial charge is 0.368 e. The Kier molecular flexibility index (Phi) is 5.39. The first-order valence-electron chi connectivity index (χ1n) is 8.93. The number of hydrogen-bond acceptors (Lipinski definition) is 3. The van der Waals surface area contributed by atoms with Gasteiger partial charge in [-0.1, -0.05) is 32.0 Å². The minimum absolute atomic E-state index is 0.0563. The van der Waals surface area contributed by atoms with Gasteiger partial charge in [-0.3, -0.25) is 4.79 Å². The molecule has 1 fully saturated rings. The first-order valence-corrected chi connectivity index (χ1v) is 8.93. The molecule has 2 N–H and O–H groups in total. The Morgan fingerprint density at radius 1 is 1.12 bits per heavy atom. The molecule has 1 atom stereocenters. The van der Waals surface area contributed by atoms with Crippen molar-refractivity contribution in [2.45, 2.75) is 45.6 Å². The van der Waals surface area contributed by atoms with Crippen LogP contribution in [-0.4, -0.2) is 18.6 Å². The fourth-order valence-corrected chi connectivity index (χ4v) is 3.13. The van der Waals surface area contributed by atoms with E-state index in [1.807, 2.05) is 24.3 Å². The zero-order valence-electron chi connectivity index (χ0n) is 15.1. The minimum atomic E-state index is -0.307. The van der Waals surface area contributed by atoms with E-state index in [1.165, 1.54) is 11.1 Å². The third kappa shape index (κ3) is 4.20. The van der Waals surface area contributed by atoms with Crippen LogP contribution in [-0.2, 0) is 9.53 Å². The number of aryl methyl sites for hydroxylation is 1. The summed E-state index contributed by atoms with van der Waals surface area (Å²) in [5.41, 5.74) is 5.48. The van der Waals surface area contributed by atoms with E-state index in [0.717, 1.165) is 29.9 Å². The Bertz CT molecular complexity index is 732. The molecule has 132 valence electrons. The molecule has 4 heteroatoms. The van der Waals surface area contributed by atoms with Crippen LogP contribution in [0.4, 0.5) is 17.1 Å². The smallest absolute Gasteiger partial charge is 0.253 e. The van der Waals surface area contributed by atoms with E-state index < -0.39 is 0 Å². The highest BCUT2D eigenvalue weighted by Gasteiger charge is 2.23. The minimum Gasteiger partial charge on any atom is -0.368 e. The van der Waals surface area contributed by atoms with E-state index in [0.29, 0.717) is 12.5 Å². The van der Waals surface area contributed by atoms with E-state index in [1.54, 1.807) is 0 Å². The molecule has 1 heterocycles. The van der Waals surface area contributed by atoms with Gasteiger partial charge in [0.15, 0.2) is 0 Å². The van der Waals surface area contributed by atoms with E-state index in [4.69, 9.17) is 4.74 Å². The maximum absolute atomic E-state index is 12.1. The van der Waals surface area contributed by atoms with E-state index in [2.05, 4.69) is 49.6 Å². The Morgan fingerprint density at radius 3 is 2.48 bits per heavy atom. The van der Waals surface area contributed by atoms with Crippen LogP contribution in [0.25, 0.3) is 0 Å². The van der Waals surface area contributed by atoms with Gasteiger partial charge in [0.05, 0.1) is 0 Å². The van der Waals surface area contributed by atoms with Crippen LogP contribution in [0.1, 0.15) is 43.7 Å². The second-order valence-corrected chi connectivity index (χ2v) is 6.89. The molecular weight excluding hydrogens is 312 g/mol. The topological polar surface area (TPSA) is 50.4 Å². The first-order chi connectivity index (χ1) is 12.0. The summed E-state index contributed by atoms with van der Waals surface area (Å²) >= 11 is 0. The maximum Gasteiger partial charge on any atom is 0.253 e.